The van der Waals surface area contributed by atoms with E-state index in [0.29, 0.717) is 4.47 Å². The second-order valence-electron chi connectivity index (χ2n) is 3.91. The molecule has 3 N–H and O–H groups in total. The average Bonchev–Trinajstić information content (AvgIpc) is 2.36. The van der Waals surface area contributed by atoms with Crippen molar-refractivity contribution in [2.24, 2.45) is 0 Å². The molecule has 106 valence electrons. The van der Waals surface area contributed by atoms with E-state index in [1.165, 1.54) is 24.3 Å². The maximum Gasteiger partial charge on any atom is 0.262 e. The molecule has 0 amide bonds. The highest BCUT2D eigenvalue weighted by Crippen LogP contribution is 2.27. The van der Waals surface area contributed by atoms with Gasteiger partial charge in [0.05, 0.1) is 15.6 Å². The highest BCUT2D eigenvalue weighted by Gasteiger charge is 2.17. The molecule has 0 aliphatic heterocycles. The number of rotatable bonds is 3. The fourth-order valence-corrected chi connectivity index (χ4v) is 3.04. The standard InChI is InChI=1S/C12H9BrClFN2O2S/c13-9-3-2-8(6-11(9)16)20(18,19)17-12-5-7(15)1-4-10(12)14/h1-6,17H,16H2. The molecule has 0 fully saturated rings. The lowest BCUT2D eigenvalue weighted by Crippen LogP contribution is -2.13. The third kappa shape index (κ3) is 3.23. The molecule has 8 heteroatoms. The third-order valence-corrected chi connectivity index (χ3v) is 4.87. The highest BCUT2D eigenvalue weighted by atomic mass is 79.9. The Labute approximate surface area is 128 Å². The van der Waals surface area contributed by atoms with Gasteiger partial charge in [0.25, 0.3) is 10.0 Å². The Hall–Kier alpha value is -1.31. The lowest BCUT2D eigenvalue weighted by atomic mass is 10.3. The molecule has 2 rings (SSSR count). The Kier molecular flexibility index (Phi) is 4.22. The summed E-state index contributed by atoms with van der Waals surface area (Å²) < 4.78 is 40.3. The normalized spacial score (nSPS) is 11.3. The monoisotopic (exact) mass is 378 g/mol. The molecule has 0 saturated carbocycles. The highest BCUT2D eigenvalue weighted by molar-refractivity contribution is 9.10. The second kappa shape index (κ2) is 5.59. The summed E-state index contributed by atoms with van der Waals surface area (Å²) in [6, 6.07) is 7.58. The van der Waals surface area contributed by atoms with Gasteiger partial charge in [-0.2, -0.15) is 0 Å². The van der Waals surface area contributed by atoms with Crippen LogP contribution in [0.25, 0.3) is 0 Å². The average molecular weight is 380 g/mol. The number of hydrogen-bond donors (Lipinski definition) is 2. The number of sulfonamides is 1. The predicted molar refractivity (Wildman–Crippen MR) is 80.8 cm³/mol. The van der Waals surface area contributed by atoms with Crippen molar-refractivity contribution in [3.8, 4) is 0 Å². The molecule has 2 aromatic rings. The molecular formula is C12H9BrClFN2O2S. The largest absolute Gasteiger partial charge is 0.398 e. The van der Waals surface area contributed by atoms with Gasteiger partial charge >= 0.3 is 0 Å². The van der Waals surface area contributed by atoms with E-state index in [4.69, 9.17) is 17.3 Å². The molecule has 0 spiro atoms. The first-order valence-corrected chi connectivity index (χ1v) is 7.98. The van der Waals surface area contributed by atoms with E-state index >= 15 is 0 Å². The van der Waals surface area contributed by atoms with E-state index in [1.807, 2.05) is 0 Å². The van der Waals surface area contributed by atoms with Crippen LogP contribution in [0.1, 0.15) is 0 Å². The molecule has 0 aliphatic rings. The lowest BCUT2D eigenvalue weighted by molar-refractivity contribution is 0.601. The molecule has 4 nitrogen and oxygen atoms in total. The van der Waals surface area contributed by atoms with Gasteiger partial charge in [-0.25, -0.2) is 12.8 Å². The van der Waals surface area contributed by atoms with Crippen LogP contribution in [0.4, 0.5) is 15.8 Å². The Morgan fingerprint density at radius 2 is 1.90 bits per heavy atom. The molecule has 20 heavy (non-hydrogen) atoms. The smallest absolute Gasteiger partial charge is 0.262 e. The maximum atomic E-state index is 13.1. The minimum Gasteiger partial charge on any atom is -0.398 e. The molecule has 0 saturated heterocycles. The first-order valence-electron chi connectivity index (χ1n) is 5.32. The van der Waals surface area contributed by atoms with Crippen molar-refractivity contribution in [1.82, 2.24) is 0 Å². The molecule has 0 atom stereocenters. The van der Waals surface area contributed by atoms with Crippen LogP contribution in [0.15, 0.2) is 45.8 Å². The Balaban J connectivity index is 2.40. The summed E-state index contributed by atoms with van der Waals surface area (Å²) in [5.41, 5.74) is 5.88. The minimum atomic E-state index is -3.89. The Morgan fingerprint density at radius 3 is 2.55 bits per heavy atom. The third-order valence-electron chi connectivity index (χ3n) is 2.45. The van der Waals surface area contributed by atoms with E-state index in [-0.39, 0.29) is 21.3 Å². The predicted octanol–water partition coefficient (Wildman–Crippen LogP) is 3.62. The first-order chi connectivity index (χ1) is 9.29. The van der Waals surface area contributed by atoms with Gasteiger partial charge in [0.2, 0.25) is 0 Å². The van der Waals surface area contributed by atoms with Crippen molar-refractivity contribution in [3.63, 3.8) is 0 Å². The molecule has 0 aliphatic carbocycles. The van der Waals surface area contributed by atoms with Crippen molar-refractivity contribution in [1.29, 1.82) is 0 Å². The zero-order valence-electron chi connectivity index (χ0n) is 9.90. The van der Waals surface area contributed by atoms with E-state index in [9.17, 15) is 12.8 Å². The van der Waals surface area contributed by atoms with Gasteiger partial charge in [-0.1, -0.05) is 11.6 Å². The van der Waals surface area contributed by atoms with Crippen LogP contribution in [-0.4, -0.2) is 8.42 Å². The van der Waals surface area contributed by atoms with Crippen molar-refractivity contribution in [2.45, 2.75) is 4.90 Å². The van der Waals surface area contributed by atoms with Gasteiger partial charge in [-0.3, -0.25) is 4.72 Å². The van der Waals surface area contributed by atoms with Crippen LogP contribution in [-0.2, 0) is 10.0 Å². The summed E-state index contributed by atoms with van der Waals surface area (Å²) in [4.78, 5) is -0.0430. The van der Waals surface area contributed by atoms with Crippen molar-refractivity contribution < 1.29 is 12.8 Å². The van der Waals surface area contributed by atoms with Crippen LogP contribution in [0.3, 0.4) is 0 Å². The van der Waals surface area contributed by atoms with E-state index in [2.05, 4.69) is 20.7 Å². The van der Waals surface area contributed by atoms with Crippen molar-refractivity contribution in [2.75, 3.05) is 10.5 Å². The Morgan fingerprint density at radius 1 is 1.20 bits per heavy atom. The number of nitrogens with one attached hydrogen (secondary N) is 1. The summed E-state index contributed by atoms with van der Waals surface area (Å²) in [5, 5.41) is 0.0973. The van der Waals surface area contributed by atoms with Crippen molar-refractivity contribution in [3.05, 3.63) is 51.7 Å². The van der Waals surface area contributed by atoms with E-state index in [1.54, 1.807) is 0 Å². The van der Waals surface area contributed by atoms with Gasteiger partial charge in [-0.05, 0) is 52.3 Å². The fourth-order valence-electron chi connectivity index (χ4n) is 1.47. The molecule has 0 unspecified atom stereocenters. The van der Waals surface area contributed by atoms with Gasteiger partial charge in [0.1, 0.15) is 5.82 Å². The number of benzene rings is 2. The summed E-state index contributed by atoms with van der Waals surface area (Å²) in [6.45, 7) is 0. The van der Waals surface area contributed by atoms with Gasteiger partial charge in [-0.15, -0.1) is 0 Å². The molecule has 0 radical (unpaired) electrons. The van der Waals surface area contributed by atoms with E-state index < -0.39 is 15.8 Å². The number of hydrogen-bond acceptors (Lipinski definition) is 3. The number of nitrogens with two attached hydrogens (primary N) is 1. The van der Waals surface area contributed by atoms with Gasteiger partial charge in [0, 0.05) is 10.2 Å². The van der Waals surface area contributed by atoms with Crippen LogP contribution in [0.5, 0.6) is 0 Å². The maximum absolute atomic E-state index is 13.1. The fraction of sp³-hybridized carbons (Fsp3) is 0. The molecular weight excluding hydrogens is 371 g/mol. The van der Waals surface area contributed by atoms with Crippen molar-refractivity contribution >= 4 is 48.9 Å². The zero-order chi connectivity index (χ0) is 14.9. The zero-order valence-corrected chi connectivity index (χ0v) is 13.1. The van der Waals surface area contributed by atoms with Gasteiger partial charge < -0.3 is 5.73 Å². The van der Waals surface area contributed by atoms with Gasteiger partial charge in [0.15, 0.2) is 0 Å². The quantitative estimate of drug-likeness (QED) is 0.800. The number of halogens is 3. The SMILES string of the molecule is Nc1cc(S(=O)(=O)Nc2cc(F)ccc2Cl)ccc1Br. The Bertz CT molecular complexity index is 768. The molecule has 0 aromatic heterocycles. The molecule has 0 heterocycles. The molecule has 2 aromatic carbocycles. The number of anilines is 2. The van der Waals surface area contributed by atoms with Crippen LogP contribution >= 0.6 is 27.5 Å². The summed E-state index contributed by atoms with van der Waals surface area (Å²) in [7, 11) is -3.89. The van der Waals surface area contributed by atoms with E-state index in [0.717, 1.165) is 12.1 Å². The van der Waals surface area contributed by atoms with Crippen LogP contribution < -0.4 is 10.5 Å². The lowest BCUT2D eigenvalue weighted by Gasteiger charge is -2.10. The summed E-state index contributed by atoms with van der Waals surface area (Å²) in [6.07, 6.45) is 0. The summed E-state index contributed by atoms with van der Waals surface area (Å²) >= 11 is 8.99. The minimum absolute atomic E-state index is 0.0341. The molecule has 0 bridgehead atoms. The first kappa shape index (κ1) is 15.1. The van der Waals surface area contributed by atoms with Crippen LogP contribution in [0, 0.1) is 5.82 Å². The second-order valence-corrected chi connectivity index (χ2v) is 6.86. The topological polar surface area (TPSA) is 72.2 Å². The van der Waals surface area contributed by atoms with Crippen LogP contribution in [0.2, 0.25) is 5.02 Å². The summed E-state index contributed by atoms with van der Waals surface area (Å²) in [5.74, 6) is -0.595. The number of nitrogen functional groups attached to an aromatic ring is 1.